The van der Waals surface area contributed by atoms with E-state index in [1.807, 2.05) is 13.8 Å². The number of anilines is 1. The third kappa shape index (κ3) is 2.00. The number of halogens is 1. The number of carboxylic acid groups (broad SMARTS) is 1. The van der Waals surface area contributed by atoms with E-state index in [4.69, 9.17) is 17.3 Å². The Hall–Kier alpha value is -1.22. The topological polar surface area (TPSA) is 63.3 Å². The summed E-state index contributed by atoms with van der Waals surface area (Å²) in [6, 6.07) is 4.93. The molecule has 3 N–H and O–H groups in total. The molecule has 3 nitrogen and oxygen atoms in total. The van der Waals surface area contributed by atoms with Gasteiger partial charge < -0.3 is 10.8 Å². The molecule has 0 aliphatic rings. The quantitative estimate of drug-likeness (QED) is 0.800. The molecule has 1 atom stereocenters. The van der Waals surface area contributed by atoms with Crippen LogP contribution in [0.2, 0.25) is 5.02 Å². The normalized spacial score (nSPS) is 14.8. The van der Waals surface area contributed by atoms with E-state index in [1.54, 1.807) is 25.1 Å². The molecule has 1 aromatic carbocycles. The maximum absolute atomic E-state index is 11.4. The smallest absolute Gasteiger partial charge is 0.314 e. The second-order valence-electron chi connectivity index (χ2n) is 4.39. The molecule has 0 saturated heterocycles. The number of carbonyl (C=O) groups is 1. The van der Waals surface area contributed by atoms with Gasteiger partial charge in [0.25, 0.3) is 0 Å². The first-order valence-electron chi connectivity index (χ1n) is 5.09. The Labute approximate surface area is 100 Å². The molecular formula is C12H16ClNO2. The van der Waals surface area contributed by atoms with Gasteiger partial charge in [-0.2, -0.15) is 0 Å². The van der Waals surface area contributed by atoms with Crippen molar-refractivity contribution in [1.82, 2.24) is 0 Å². The monoisotopic (exact) mass is 241 g/mol. The lowest BCUT2D eigenvalue weighted by molar-refractivity contribution is -0.144. The van der Waals surface area contributed by atoms with Crippen LogP contribution in [-0.4, -0.2) is 11.1 Å². The lowest BCUT2D eigenvalue weighted by Crippen LogP contribution is -2.38. The Bertz CT molecular complexity index is 417. The molecule has 0 amide bonds. The van der Waals surface area contributed by atoms with Crippen molar-refractivity contribution in [2.45, 2.75) is 26.2 Å². The first kappa shape index (κ1) is 12.8. The molecule has 0 heterocycles. The number of rotatable bonds is 3. The van der Waals surface area contributed by atoms with Crippen LogP contribution in [0.5, 0.6) is 0 Å². The lowest BCUT2D eigenvalue weighted by atomic mass is 9.73. The molecule has 0 radical (unpaired) electrons. The summed E-state index contributed by atoms with van der Waals surface area (Å²) in [6.45, 7) is 5.38. The van der Waals surface area contributed by atoms with Crippen molar-refractivity contribution < 1.29 is 9.90 Å². The van der Waals surface area contributed by atoms with Gasteiger partial charge in [0.05, 0.1) is 5.41 Å². The maximum Gasteiger partial charge on any atom is 0.314 e. The molecule has 0 saturated carbocycles. The summed E-state index contributed by atoms with van der Waals surface area (Å²) in [4.78, 5) is 11.4. The zero-order valence-corrected chi connectivity index (χ0v) is 10.4. The number of hydrogen-bond donors (Lipinski definition) is 2. The fourth-order valence-corrected chi connectivity index (χ4v) is 1.82. The minimum absolute atomic E-state index is 0.0780. The second-order valence-corrected chi connectivity index (χ2v) is 4.83. The summed E-state index contributed by atoms with van der Waals surface area (Å²) in [5.41, 5.74) is 5.84. The number of nitrogens with two attached hydrogens (primary N) is 1. The molecule has 1 rings (SSSR count). The first-order valence-corrected chi connectivity index (χ1v) is 5.46. The van der Waals surface area contributed by atoms with E-state index in [9.17, 15) is 9.90 Å². The van der Waals surface area contributed by atoms with Gasteiger partial charge in [-0.05, 0) is 36.6 Å². The molecule has 1 unspecified atom stereocenters. The summed E-state index contributed by atoms with van der Waals surface area (Å²) in [7, 11) is 0. The molecule has 0 aliphatic carbocycles. The maximum atomic E-state index is 11.4. The minimum atomic E-state index is -1.02. The van der Waals surface area contributed by atoms with Crippen molar-refractivity contribution in [2.24, 2.45) is 5.92 Å². The fraction of sp³-hybridized carbons (Fsp3) is 0.417. The Morgan fingerprint density at radius 2 is 2.06 bits per heavy atom. The van der Waals surface area contributed by atoms with Crippen LogP contribution < -0.4 is 5.73 Å². The zero-order valence-electron chi connectivity index (χ0n) is 9.62. The molecule has 0 aromatic heterocycles. The van der Waals surface area contributed by atoms with Gasteiger partial charge in [-0.3, -0.25) is 4.79 Å². The van der Waals surface area contributed by atoms with E-state index < -0.39 is 11.4 Å². The van der Waals surface area contributed by atoms with Crippen LogP contribution in [0.3, 0.4) is 0 Å². The van der Waals surface area contributed by atoms with Gasteiger partial charge in [-0.1, -0.05) is 25.4 Å². The second kappa shape index (κ2) is 4.34. The van der Waals surface area contributed by atoms with E-state index in [1.165, 1.54) is 0 Å². The third-order valence-electron chi connectivity index (χ3n) is 3.17. The summed E-state index contributed by atoms with van der Waals surface area (Å²) in [5.74, 6) is -0.970. The van der Waals surface area contributed by atoms with Crippen LogP contribution in [0.25, 0.3) is 0 Å². The Balaban J connectivity index is 3.43. The zero-order chi connectivity index (χ0) is 12.5. The Morgan fingerprint density at radius 1 is 1.50 bits per heavy atom. The minimum Gasteiger partial charge on any atom is -0.481 e. The van der Waals surface area contributed by atoms with Gasteiger partial charge in [0, 0.05) is 10.7 Å². The van der Waals surface area contributed by atoms with Crippen LogP contribution in [0.4, 0.5) is 5.69 Å². The molecule has 0 bridgehead atoms. The van der Waals surface area contributed by atoms with Gasteiger partial charge in [0.1, 0.15) is 0 Å². The van der Waals surface area contributed by atoms with Crippen molar-refractivity contribution in [2.75, 3.05) is 5.73 Å². The van der Waals surface area contributed by atoms with Crippen molar-refractivity contribution in [3.8, 4) is 0 Å². The lowest BCUT2D eigenvalue weighted by Gasteiger charge is -2.30. The summed E-state index contributed by atoms with van der Waals surface area (Å²) < 4.78 is 0. The predicted molar refractivity (Wildman–Crippen MR) is 65.7 cm³/mol. The summed E-state index contributed by atoms with van der Waals surface area (Å²) in [6.07, 6.45) is 0. The van der Waals surface area contributed by atoms with Gasteiger partial charge >= 0.3 is 5.97 Å². The average Bonchev–Trinajstić information content (AvgIpc) is 2.19. The van der Waals surface area contributed by atoms with Crippen LogP contribution in [-0.2, 0) is 10.2 Å². The molecule has 88 valence electrons. The molecule has 16 heavy (non-hydrogen) atoms. The van der Waals surface area contributed by atoms with Crippen molar-refractivity contribution in [3.63, 3.8) is 0 Å². The Morgan fingerprint density at radius 3 is 2.50 bits per heavy atom. The van der Waals surface area contributed by atoms with E-state index in [0.717, 1.165) is 0 Å². The molecule has 0 spiro atoms. The number of benzene rings is 1. The van der Waals surface area contributed by atoms with Crippen molar-refractivity contribution in [3.05, 3.63) is 28.8 Å². The van der Waals surface area contributed by atoms with Crippen LogP contribution in [0.1, 0.15) is 26.3 Å². The van der Waals surface area contributed by atoms with Crippen LogP contribution >= 0.6 is 11.6 Å². The fourth-order valence-electron chi connectivity index (χ4n) is 1.65. The standard InChI is InChI=1S/C12H16ClNO2/c1-7(2)12(3,11(15)16)9-6-8(13)4-5-10(9)14/h4-7H,14H2,1-3H3,(H,15,16). The molecule has 0 aliphatic heterocycles. The first-order chi connectivity index (χ1) is 7.30. The largest absolute Gasteiger partial charge is 0.481 e. The van der Waals surface area contributed by atoms with Gasteiger partial charge in [0.2, 0.25) is 0 Å². The average molecular weight is 242 g/mol. The number of nitrogen functional groups attached to an aromatic ring is 1. The van der Waals surface area contributed by atoms with E-state index in [-0.39, 0.29) is 5.92 Å². The summed E-state index contributed by atoms with van der Waals surface area (Å²) >= 11 is 5.88. The number of carboxylic acids is 1. The molecule has 1 aromatic rings. The summed E-state index contributed by atoms with van der Waals surface area (Å²) in [5, 5.41) is 9.87. The predicted octanol–water partition coefficient (Wildman–Crippen LogP) is 2.92. The van der Waals surface area contributed by atoms with E-state index in [0.29, 0.717) is 16.3 Å². The highest BCUT2D eigenvalue weighted by Crippen LogP contribution is 2.37. The highest BCUT2D eigenvalue weighted by Gasteiger charge is 2.40. The highest BCUT2D eigenvalue weighted by atomic mass is 35.5. The molecule has 0 fully saturated rings. The highest BCUT2D eigenvalue weighted by molar-refractivity contribution is 6.30. The SMILES string of the molecule is CC(C)C(C)(C(=O)O)c1cc(Cl)ccc1N. The van der Waals surface area contributed by atoms with Crippen molar-refractivity contribution in [1.29, 1.82) is 0 Å². The molecular weight excluding hydrogens is 226 g/mol. The van der Waals surface area contributed by atoms with E-state index in [2.05, 4.69) is 0 Å². The van der Waals surface area contributed by atoms with Crippen LogP contribution in [0, 0.1) is 5.92 Å². The third-order valence-corrected chi connectivity index (χ3v) is 3.41. The van der Waals surface area contributed by atoms with Gasteiger partial charge in [-0.25, -0.2) is 0 Å². The number of aliphatic carboxylic acids is 1. The van der Waals surface area contributed by atoms with Gasteiger partial charge in [0.15, 0.2) is 0 Å². The van der Waals surface area contributed by atoms with Crippen LogP contribution in [0.15, 0.2) is 18.2 Å². The Kier molecular flexibility index (Phi) is 3.48. The number of hydrogen-bond acceptors (Lipinski definition) is 2. The van der Waals surface area contributed by atoms with E-state index >= 15 is 0 Å². The molecule has 4 heteroatoms. The van der Waals surface area contributed by atoms with Crippen molar-refractivity contribution >= 4 is 23.3 Å². The van der Waals surface area contributed by atoms with Gasteiger partial charge in [-0.15, -0.1) is 0 Å².